The number of thiazole rings is 1. The SMILES string of the molecule is CCN(CC)CC.CCOc1ccccc1-n1c(=S)sc2c(=O)n(-c3ccccc3C)c(=S)[nH]c21. The number of aromatic nitrogens is 3. The van der Waals surface area contributed by atoms with Crippen LogP contribution in [-0.4, -0.2) is 45.3 Å². The van der Waals surface area contributed by atoms with E-state index in [2.05, 4.69) is 30.7 Å². The molecular formula is C26H32N4O2S3. The molecule has 9 heteroatoms. The molecule has 0 aliphatic heterocycles. The number of para-hydroxylation sites is 3. The predicted octanol–water partition coefficient (Wildman–Crippen LogP) is 6.69. The standard InChI is InChI=1S/C20H17N3O2S3.C6H15N/c1-3-25-15-11-7-6-10-14(15)22-17-16(28-20(22)27)18(24)23(19(26)21-17)13-9-5-4-8-12(13)2;1-4-7(5-2)6-3/h4-11H,3H2,1-2H3,(H,21,26);4-6H2,1-3H3. The lowest BCUT2D eigenvalue weighted by atomic mass is 10.2. The largest absolute Gasteiger partial charge is 0.492 e. The number of ether oxygens (including phenoxy) is 1. The molecule has 0 bridgehead atoms. The minimum Gasteiger partial charge on any atom is -0.492 e. The number of nitrogens with one attached hydrogen (secondary N) is 1. The van der Waals surface area contributed by atoms with Gasteiger partial charge in [0.15, 0.2) is 8.73 Å². The van der Waals surface area contributed by atoms with Crippen LogP contribution < -0.4 is 10.3 Å². The molecular weight excluding hydrogens is 497 g/mol. The van der Waals surface area contributed by atoms with Crippen LogP contribution in [0.1, 0.15) is 33.3 Å². The summed E-state index contributed by atoms with van der Waals surface area (Å²) in [5.74, 6) is 0.697. The molecule has 2 aromatic carbocycles. The molecule has 0 unspecified atom stereocenters. The summed E-state index contributed by atoms with van der Waals surface area (Å²) >= 11 is 12.4. The first-order valence-electron chi connectivity index (χ1n) is 11.8. The van der Waals surface area contributed by atoms with Crippen molar-refractivity contribution >= 4 is 46.1 Å². The molecule has 0 atom stereocenters. The quantitative estimate of drug-likeness (QED) is 0.271. The third-order valence-corrected chi connectivity index (χ3v) is 7.39. The molecule has 4 rings (SSSR count). The Morgan fingerprint density at radius 3 is 2.09 bits per heavy atom. The fourth-order valence-electron chi connectivity index (χ4n) is 3.82. The molecule has 1 N–H and O–H groups in total. The van der Waals surface area contributed by atoms with Gasteiger partial charge in [-0.05, 0) is 81.7 Å². The van der Waals surface area contributed by atoms with E-state index in [0.29, 0.717) is 31.4 Å². The lowest BCUT2D eigenvalue weighted by Crippen LogP contribution is -2.21. The molecule has 0 aliphatic rings. The zero-order chi connectivity index (χ0) is 25.5. The summed E-state index contributed by atoms with van der Waals surface area (Å²) in [4.78, 5) is 18.9. The van der Waals surface area contributed by atoms with Gasteiger partial charge >= 0.3 is 0 Å². The van der Waals surface area contributed by atoms with Gasteiger partial charge in [-0.15, -0.1) is 0 Å². The van der Waals surface area contributed by atoms with E-state index in [9.17, 15) is 4.79 Å². The van der Waals surface area contributed by atoms with Crippen molar-refractivity contribution in [1.29, 1.82) is 0 Å². The van der Waals surface area contributed by atoms with Crippen LogP contribution in [0.4, 0.5) is 0 Å². The summed E-state index contributed by atoms with van der Waals surface area (Å²) in [5.41, 5.74) is 2.91. The Morgan fingerprint density at radius 2 is 1.51 bits per heavy atom. The second kappa shape index (κ2) is 12.4. The number of aromatic amines is 1. The van der Waals surface area contributed by atoms with Gasteiger partial charge in [0.2, 0.25) is 0 Å². The molecule has 35 heavy (non-hydrogen) atoms. The molecule has 186 valence electrons. The summed E-state index contributed by atoms with van der Waals surface area (Å²) in [6.07, 6.45) is 0. The molecule has 4 aromatic rings. The number of H-pyrrole nitrogens is 1. The monoisotopic (exact) mass is 528 g/mol. The third kappa shape index (κ3) is 5.81. The molecule has 0 fully saturated rings. The van der Waals surface area contributed by atoms with E-state index in [-0.39, 0.29) is 5.56 Å². The Morgan fingerprint density at radius 1 is 0.914 bits per heavy atom. The maximum Gasteiger partial charge on any atom is 0.278 e. The lowest BCUT2D eigenvalue weighted by molar-refractivity contribution is 0.321. The summed E-state index contributed by atoms with van der Waals surface area (Å²) in [7, 11) is 0. The number of rotatable bonds is 7. The molecule has 0 radical (unpaired) electrons. The van der Waals surface area contributed by atoms with Gasteiger partial charge in [0.05, 0.1) is 18.0 Å². The number of aryl methyl sites for hydroxylation is 1. The molecule has 0 saturated carbocycles. The van der Waals surface area contributed by atoms with E-state index in [4.69, 9.17) is 29.2 Å². The van der Waals surface area contributed by atoms with E-state index in [0.717, 1.165) is 16.9 Å². The van der Waals surface area contributed by atoms with Crippen LogP contribution in [0.2, 0.25) is 0 Å². The number of hydrogen-bond acceptors (Lipinski definition) is 6. The second-order valence-electron chi connectivity index (χ2n) is 7.76. The lowest BCUT2D eigenvalue weighted by Gasteiger charge is -2.13. The van der Waals surface area contributed by atoms with Gasteiger partial charge in [-0.25, -0.2) is 0 Å². The van der Waals surface area contributed by atoms with E-state index in [1.807, 2.05) is 66.9 Å². The predicted molar refractivity (Wildman–Crippen MR) is 152 cm³/mol. The Hall–Kier alpha value is -2.59. The summed E-state index contributed by atoms with van der Waals surface area (Å²) in [5, 5.41) is 0. The van der Waals surface area contributed by atoms with Gasteiger partial charge in [0.1, 0.15) is 16.1 Å². The zero-order valence-electron chi connectivity index (χ0n) is 20.8. The molecule has 0 amide bonds. The van der Waals surface area contributed by atoms with E-state index in [1.165, 1.54) is 35.5 Å². The van der Waals surface area contributed by atoms with Gasteiger partial charge in [0, 0.05) is 0 Å². The molecule has 0 aliphatic carbocycles. The van der Waals surface area contributed by atoms with Crippen molar-refractivity contribution in [3.63, 3.8) is 0 Å². The van der Waals surface area contributed by atoms with E-state index >= 15 is 0 Å². The molecule has 2 aromatic heterocycles. The van der Waals surface area contributed by atoms with Crippen LogP contribution in [-0.2, 0) is 0 Å². The first-order chi connectivity index (χ1) is 16.9. The van der Waals surface area contributed by atoms with Crippen LogP contribution in [0.15, 0.2) is 53.3 Å². The molecule has 2 heterocycles. The van der Waals surface area contributed by atoms with Crippen LogP contribution in [0.5, 0.6) is 5.75 Å². The Kier molecular flexibility index (Phi) is 9.56. The Balaban J connectivity index is 0.000000429. The number of benzene rings is 2. The molecule has 6 nitrogen and oxygen atoms in total. The van der Waals surface area contributed by atoms with Crippen molar-refractivity contribution in [3.8, 4) is 17.1 Å². The van der Waals surface area contributed by atoms with Gasteiger partial charge < -0.3 is 14.6 Å². The van der Waals surface area contributed by atoms with Gasteiger partial charge in [-0.3, -0.25) is 13.9 Å². The second-order valence-corrected chi connectivity index (χ2v) is 9.79. The van der Waals surface area contributed by atoms with Crippen molar-refractivity contribution in [2.24, 2.45) is 0 Å². The Bertz CT molecular complexity index is 1460. The minimum absolute atomic E-state index is 0.184. The van der Waals surface area contributed by atoms with Gasteiger partial charge in [0.25, 0.3) is 5.56 Å². The number of fused-ring (bicyclic) bond motifs is 1. The highest BCUT2D eigenvalue weighted by Crippen LogP contribution is 2.29. The summed E-state index contributed by atoms with van der Waals surface area (Å²) in [6, 6.07) is 15.3. The van der Waals surface area contributed by atoms with Crippen molar-refractivity contribution < 1.29 is 4.74 Å². The fourth-order valence-corrected chi connectivity index (χ4v) is 5.42. The van der Waals surface area contributed by atoms with Crippen LogP contribution in [0.3, 0.4) is 0 Å². The van der Waals surface area contributed by atoms with Gasteiger partial charge in [-0.2, -0.15) is 0 Å². The van der Waals surface area contributed by atoms with Crippen molar-refractivity contribution in [2.45, 2.75) is 34.6 Å². The average molecular weight is 529 g/mol. The van der Waals surface area contributed by atoms with Gasteiger partial charge in [-0.1, -0.05) is 62.4 Å². The minimum atomic E-state index is -0.184. The first-order valence-corrected chi connectivity index (χ1v) is 13.4. The van der Waals surface area contributed by atoms with Crippen molar-refractivity contribution in [2.75, 3.05) is 26.2 Å². The topological polar surface area (TPSA) is 55.2 Å². The third-order valence-electron chi connectivity index (χ3n) is 5.74. The maximum absolute atomic E-state index is 13.3. The number of hydrogen-bond donors (Lipinski definition) is 1. The van der Waals surface area contributed by atoms with Crippen LogP contribution in [0, 0.1) is 15.6 Å². The maximum atomic E-state index is 13.3. The first kappa shape index (κ1) is 27.0. The van der Waals surface area contributed by atoms with Crippen LogP contribution in [0.25, 0.3) is 21.7 Å². The highest BCUT2D eigenvalue weighted by Gasteiger charge is 2.17. The smallest absolute Gasteiger partial charge is 0.278 e. The summed E-state index contributed by atoms with van der Waals surface area (Å²) in [6.45, 7) is 14.5. The van der Waals surface area contributed by atoms with E-state index in [1.54, 1.807) is 0 Å². The Labute approximate surface area is 220 Å². The van der Waals surface area contributed by atoms with Crippen LogP contribution >= 0.6 is 35.8 Å². The fraction of sp³-hybridized carbons (Fsp3) is 0.346. The highest BCUT2D eigenvalue weighted by atomic mass is 32.1. The molecule has 0 saturated heterocycles. The van der Waals surface area contributed by atoms with Crippen molar-refractivity contribution in [1.82, 2.24) is 19.0 Å². The zero-order valence-corrected chi connectivity index (χ0v) is 23.3. The van der Waals surface area contributed by atoms with E-state index < -0.39 is 0 Å². The summed E-state index contributed by atoms with van der Waals surface area (Å²) < 4.78 is 10.5. The average Bonchev–Trinajstić information content (AvgIpc) is 3.18. The molecule has 0 spiro atoms. The normalized spacial score (nSPS) is 10.9. The van der Waals surface area contributed by atoms with Crippen molar-refractivity contribution in [3.05, 3.63) is 73.2 Å². The number of nitrogens with zero attached hydrogens (tertiary/aromatic N) is 3. The highest BCUT2D eigenvalue weighted by molar-refractivity contribution is 7.73.